The van der Waals surface area contributed by atoms with Crippen molar-refractivity contribution in [1.82, 2.24) is 5.32 Å². The predicted molar refractivity (Wildman–Crippen MR) is 74.3 cm³/mol. The molecule has 1 saturated heterocycles. The van der Waals surface area contributed by atoms with Gasteiger partial charge in [-0.1, -0.05) is 12.5 Å². The highest BCUT2D eigenvalue weighted by Crippen LogP contribution is 2.19. The average molecular weight is 239 g/mol. The lowest BCUT2D eigenvalue weighted by molar-refractivity contribution is 0.00848. The molecule has 0 bridgehead atoms. The summed E-state index contributed by atoms with van der Waals surface area (Å²) >= 11 is 0. The standard InChI is InChI=1S/C15H29NO/c1-4-16-14(9-8-13(2)3)10-11-15-7-5-6-12-17-15/h14-16H,2,4-12H2,1,3H3. The molecule has 0 radical (unpaired) electrons. The monoisotopic (exact) mass is 239 g/mol. The van der Waals surface area contributed by atoms with Gasteiger partial charge in [-0.05, 0) is 58.4 Å². The molecule has 0 amide bonds. The number of hydrogen-bond acceptors (Lipinski definition) is 2. The summed E-state index contributed by atoms with van der Waals surface area (Å²) in [6, 6.07) is 0.641. The quantitative estimate of drug-likeness (QED) is 0.653. The fraction of sp³-hybridized carbons (Fsp3) is 0.867. The lowest BCUT2D eigenvalue weighted by Crippen LogP contribution is -2.31. The largest absolute Gasteiger partial charge is 0.378 e. The van der Waals surface area contributed by atoms with Crippen molar-refractivity contribution in [3.8, 4) is 0 Å². The molecule has 0 saturated carbocycles. The van der Waals surface area contributed by atoms with Gasteiger partial charge >= 0.3 is 0 Å². The maximum absolute atomic E-state index is 5.79. The first-order valence-corrected chi connectivity index (χ1v) is 7.21. The first-order chi connectivity index (χ1) is 8.22. The van der Waals surface area contributed by atoms with Crippen molar-refractivity contribution >= 4 is 0 Å². The molecule has 2 nitrogen and oxygen atoms in total. The average Bonchev–Trinajstić information content (AvgIpc) is 2.34. The van der Waals surface area contributed by atoms with E-state index in [9.17, 15) is 0 Å². The molecule has 1 rings (SSSR count). The number of nitrogens with one attached hydrogen (secondary N) is 1. The van der Waals surface area contributed by atoms with E-state index in [0.717, 1.165) is 19.6 Å². The van der Waals surface area contributed by atoms with Crippen LogP contribution in [0.3, 0.4) is 0 Å². The molecule has 1 aliphatic rings. The smallest absolute Gasteiger partial charge is 0.0575 e. The Bertz CT molecular complexity index is 209. The molecule has 1 fully saturated rings. The molecule has 100 valence electrons. The first-order valence-electron chi connectivity index (χ1n) is 7.21. The second kappa shape index (κ2) is 8.71. The van der Waals surface area contributed by atoms with Gasteiger partial charge in [-0.3, -0.25) is 0 Å². The van der Waals surface area contributed by atoms with Crippen LogP contribution in [0.1, 0.15) is 58.8 Å². The van der Waals surface area contributed by atoms with Crippen molar-refractivity contribution in [2.24, 2.45) is 0 Å². The highest BCUT2D eigenvalue weighted by Gasteiger charge is 2.16. The summed E-state index contributed by atoms with van der Waals surface area (Å²) in [5.41, 5.74) is 1.29. The van der Waals surface area contributed by atoms with Crippen LogP contribution in [0.4, 0.5) is 0 Å². The molecule has 0 aromatic carbocycles. The molecule has 1 heterocycles. The molecule has 1 aliphatic heterocycles. The minimum Gasteiger partial charge on any atom is -0.378 e. The van der Waals surface area contributed by atoms with Crippen molar-refractivity contribution < 1.29 is 4.74 Å². The molecule has 0 aromatic rings. The summed E-state index contributed by atoms with van der Waals surface area (Å²) in [5.74, 6) is 0. The second-order valence-corrected chi connectivity index (χ2v) is 5.32. The fourth-order valence-electron chi connectivity index (χ4n) is 2.48. The van der Waals surface area contributed by atoms with Crippen LogP contribution < -0.4 is 5.32 Å². The van der Waals surface area contributed by atoms with Crippen LogP contribution in [0, 0.1) is 0 Å². The van der Waals surface area contributed by atoms with E-state index in [4.69, 9.17) is 4.74 Å². The van der Waals surface area contributed by atoms with E-state index < -0.39 is 0 Å². The zero-order chi connectivity index (χ0) is 12.5. The van der Waals surface area contributed by atoms with Crippen LogP contribution in [0.25, 0.3) is 0 Å². The van der Waals surface area contributed by atoms with Crippen molar-refractivity contribution in [2.75, 3.05) is 13.2 Å². The van der Waals surface area contributed by atoms with Crippen LogP contribution >= 0.6 is 0 Å². The Kier molecular flexibility index (Phi) is 7.54. The van der Waals surface area contributed by atoms with Crippen molar-refractivity contribution in [2.45, 2.75) is 70.9 Å². The lowest BCUT2D eigenvalue weighted by Gasteiger charge is -2.25. The molecule has 2 heteroatoms. The Morgan fingerprint density at radius 1 is 1.41 bits per heavy atom. The normalized spacial score (nSPS) is 22.4. The fourth-order valence-corrected chi connectivity index (χ4v) is 2.48. The van der Waals surface area contributed by atoms with Gasteiger partial charge in [0.1, 0.15) is 0 Å². The highest BCUT2D eigenvalue weighted by molar-refractivity contribution is 4.89. The lowest BCUT2D eigenvalue weighted by atomic mass is 9.98. The minimum atomic E-state index is 0.523. The van der Waals surface area contributed by atoms with E-state index in [2.05, 4.69) is 25.7 Å². The van der Waals surface area contributed by atoms with Gasteiger partial charge < -0.3 is 10.1 Å². The third kappa shape index (κ3) is 6.85. The molecular formula is C15H29NO. The Balaban J connectivity index is 2.19. The molecule has 2 unspecified atom stereocenters. The van der Waals surface area contributed by atoms with Gasteiger partial charge in [0.25, 0.3) is 0 Å². The molecule has 0 aliphatic carbocycles. The van der Waals surface area contributed by atoms with E-state index in [1.54, 1.807) is 0 Å². The molecule has 1 N–H and O–H groups in total. The van der Waals surface area contributed by atoms with E-state index >= 15 is 0 Å². The Morgan fingerprint density at radius 3 is 2.82 bits per heavy atom. The van der Waals surface area contributed by atoms with Gasteiger partial charge in [0.15, 0.2) is 0 Å². The summed E-state index contributed by atoms with van der Waals surface area (Å²) in [4.78, 5) is 0. The van der Waals surface area contributed by atoms with Crippen LogP contribution in [-0.4, -0.2) is 25.3 Å². The van der Waals surface area contributed by atoms with Crippen molar-refractivity contribution in [1.29, 1.82) is 0 Å². The van der Waals surface area contributed by atoms with Crippen LogP contribution in [0.15, 0.2) is 12.2 Å². The SMILES string of the molecule is C=C(C)CCC(CCC1CCCCO1)NCC. The van der Waals surface area contributed by atoms with Crippen LogP contribution in [-0.2, 0) is 4.74 Å². The van der Waals surface area contributed by atoms with Gasteiger partial charge in [-0.2, -0.15) is 0 Å². The number of hydrogen-bond donors (Lipinski definition) is 1. The Hall–Kier alpha value is -0.340. The van der Waals surface area contributed by atoms with E-state index in [0.29, 0.717) is 12.1 Å². The van der Waals surface area contributed by atoms with E-state index in [1.807, 2.05) is 0 Å². The zero-order valence-electron chi connectivity index (χ0n) is 11.6. The van der Waals surface area contributed by atoms with Gasteiger partial charge in [0, 0.05) is 12.6 Å². The molecule has 17 heavy (non-hydrogen) atoms. The highest BCUT2D eigenvalue weighted by atomic mass is 16.5. The zero-order valence-corrected chi connectivity index (χ0v) is 11.6. The Morgan fingerprint density at radius 2 is 2.24 bits per heavy atom. The summed E-state index contributed by atoms with van der Waals surface area (Å²) in [6.07, 6.45) is 9.21. The van der Waals surface area contributed by atoms with E-state index in [1.165, 1.54) is 44.1 Å². The summed E-state index contributed by atoms with van der Waals surface area (Å²) in [5, 5.41) is 3.58. The number of ether oxygens (including phenoxy) is 1. The third-order valence-corrected chi connectivity index (χ3v) is 3.52. The van der Waals surface area contributed by atoms with E-state index in [-0.39, 0.29) is 0 Å². The van der Waals surface area contributed by atoms with Crippen molar-refractivity contribution in [3.05, 3.63) is 12.2 Å². The maximum atomic E-state index is 5.79. The third-order valence-electron chi connectivity index (χ3n) is 3.52. The van der Waals surface area contributed by atoms with Gasteiger partial charge in [0.2, 0.25) is 0 Å². The topological polar surface area (TPSA) is 21.3 Å². The summed E-state index contributed by atoms with van der Waals surface area (Å²) < 4.78 is 5.79. The number of allylic oxidation sites excluding steroid dienone is 1. The summed E-state index contributed by atoms with van der Waals surface area (Å²) in [7, 11) is 0. The van der Waals surface area contributed by atoms with Gasteiger partial charge in [-0.25, -0.2) is 0 Å². The Labute approximate surface area is 107 Å². The van der Waals surface area contributed by atoms with Crippen molar-refractivity contribution in [3.63, 3.8) is 0 Å². The number of rotatable bonds is 8. The van der Waals surface area contributed by atoms with Gasteiger partial charge in [-0.15, -0.1) is 6.58 Å². The predicted octanol–water partition coefficient (Wildman–Crippen LogP) is 3.67. The van der Waals surface area contributed by atoms with Crippen LogP contribution in [0.2, 0.25) is 0 Å². The maximum Gasteiger partial charge on any atom is 0.0575 e. The molecular weight excluding hydrogens is 210 g/mol. The summed E-state index contributed by atoms with van der Waals surface area (Å²) in [6.45, 7) is 10.3. The van der Waals surface area contributed by atoms with Crippen LogP contribution in [0.5, 0.6) is 0 Å². The van der Waals surface area contributed by atoms with Gasteiger partial charge in [0.05, 0.1) is 6.10 Å². The second-order valence-electron chi connectivity index (χ2n) is 5.32. The molecule has 2 atom stereocenters. The minimum absolute atomic E-state index is 0.523. The molecule has 0 aromatic heterocycles. The molecule has 0 spiro atoms. The first kappa shape index (κ1) is 14.7.